The third-order valence-corrected chi connectivity index (χ3v) is 5.78. The second kappa shape index (κ2) is 9.58. The summed E-state index contributed by atoms with van der Waals surface area (Å²) in [5.74, 6) is 0.915. The Morgan fingerprint density at radius 2 is 1.96 bits per heavy atom. The highest BCUT2D eigenvalue weighted by Crippen LogP contribution is 2.27. The van der Waals surface area contributed by atoms with E-state index in [0.717, 1.165) is 24.3 Å². The van der Waals surface area contributed by atoms with Crippen molar-refractivity contribution in [3.63, 3.8) is 0 Å². The zero-order chi connectivity index (χ0) is 16.9. The molecule has 0 aliphatic carbocycles. The average Bonchev–Trinajstić information content (AvgIpc) is 2.54. The summed E-state index contributed by atoms with van der Waals surface area (Å²) in [6, 6.07) is 7.68. The lowest BCUT2D eigenvalue weighted by Gasteiger charge is -2.33. The molecule has 1 aliphatic heterocycles. The van der Waals surface area contributed by atoms with Crippen molar-refractivity contribution in [2.24, 2.45) is 0 Å². The van der Waals surface area contributed by atoms with E-state index in [2.05, 4.69) is 10.0 Å². The van der Waals surface area contributed by atoms with Crippen LogP contribution in [0.25, 0.3) is 0 Å². The van der Waals surface area contributed by atoms with E-state index in [4.69, 9.17) is 9.47 Å². The Morgan fingerprint density at radius 3 is 2.54 bits per heavy atom. The normalized spacial score (nSPS) is 22.5. The van der Waals surface area contributed by atoms with Crippen LogP contribution in [0, 0.1) is 0 Å². The molecule has 0 aromatic heterocycles. The van der Waals surface area contributed by atoms with Gasteiger partial charge >= 0.3 is 0 Å². The summed E-state index contributed by atoms with van der Waals surface area (Å²) in [4.78, 5) is 0. The maximum Gasteiger partial charge on any atom is 0.214 e. The van der Waals surface area contributed by atoms with Crippen molar-refractivity contribution in [3.8, 4) is 5.75 Å². The molecule has 2 N–H and O–H groups in total. The summed E-state index contributed by atoms with van der Waals surface area (Å²) in [5.41, 5.74) is 1.12. The second-order valence-electron chi connectivity index (χ2n) is 5.92. The predicted molar refractivity (Wildman–Crippen MR) is 97.7 cm³/mol. The first-order valence-electron chi connectivity index (χ1n) is 7.82. The molecule has 138 valence electrons. The van der Waals surface area contributed by atoms with Gasteiger partial charge in [0.2, 0.25) is 10.0 Å². The lowest BCUT2D eigenvalue weighted by atomic mass is 9.86. The van der Waals surface area contributed by atoms with Gasteiger partial charge in [-0.15, -0.1) is 12.4 Å². The molecule has 1 aromatic carbocycles. The molecule has 3 atom stereocenters. The highest BCUT2D eigenvalue weighted by Gasteiger charge is 2.30. The molecule has 3 unspecified atom stereocenters. The number of piperidine rings is 1. The maximum atomic E-state index is 12.3. The molecule has 1 heterocycles. The maximum absolute atomic E-state index is 12.3. The topological polar surface area (TPSA) is 76.7 Å². The van der Waals surface area contributed by atoms with E-state index in [0.29, 0.717) is 6.54 Å². The van der Waals surface area contributed by atoms with Gasteiger partial charge in [0.05, 0.1) is 19.0 Å². The Hall–Kier alpha value is -0.860. The van der Waals surface area contributed by atoms with Crippen LogP contribution in [-0.2, 0) is 14.8 Å². The minimum Gasteiger partial charge on any atom is -0.497 e. The van der Waals surface area contributed by atoms with Crippen molar-refractivity contribution < 1.29 is 17.9 Å². The number of sulfonamides is 1. The van der Waals surface area contributed by atoms with Gasteiger partial charge in [0.1, 0.15) is 5.75 Å². The van der Waals surface area contributed by atoms with Crippen LogP contribution in [-0.4, -0.2) is 53.6 Å². The van der Waals surface area contributed by atoms with Gasteiger partial charge in [0.25, 0.3) is 0 Å². The first-order chi connectivity index (χ1) is 10.9. The predicted octanol–water partition coefficient (Wildman–Crippen LogP) is 1.52. The number of rotatable bonds is 7. The number of methoxy groups -OCH3 is 2. The van der Waals surface area contributed by atoms with Crippen LogP contribution in [0.15, 0.2) is 24.3 Å². The molecule has 0 amide bonds. The van der Waals surface area contributed by atoms with Gasteiger partial charge in [-0.05, 0) is 37.6 Å². The van der Waals surface area contributed by atoms with Crippen molar-refractivity contribution in [2.45, 2.75) is 31.4 Å². The van der Waals surface area contributed by atoms with Gasteiger partial charge in [0, 0.05) is 25.6 Å². The van der Waals surface area contributed by atoms with Gasteiger partial charge < -0.3 is 14.8 Å². The van der Waals surface area contributed by atoms with E-state index < -0.39 is 10.0 Å². The van der Waals surface area contributed by atoms with Crippen LogP contribution >= 0.6 is 12.4 Å². The van der Waals surface area contributed by atoms with Gasteiger partial charge in [-0.25, -0.2) is 13.1 Å². The van der Waals surface area contributed by atoms with Crippen molar-refractivity contribution in [1.29, 1.82) is 0 Å². The van der Waals surface area contributed by atoms with Gasteiger partial charge in [0.15, 0.2) is 0 Å². The van der Waals surface area contributed by atoms with Gasteiger partial charge in [-0.1, -0.05) is 12.1 Å². The minimum absolute atomic E-state index is 0. The van der Waals surface area contributed by atoms with Crippen molar-refractivity contribution in [3.05, 3.63) is 29.8 Å². The molecule has 0 spiro atoms. The molecule has 0 radical (unpaired) electrons. The fourth-order valence-corrected chi connectivity index (χ4v) is 4.45. The zero-order valence-electron chi connectivity index (χ0n) is 14.3. The zero-order valence-corrected chi connectivity index (χ0v) is 16.0. The fraction of sp³-hybridized carbons (Fsp3) is 0.625. The fourth-order valence-electron chi connectivity index (χ4n) is 2.89. The number of hydrogen-bond donors (Lipinski definition) is 2. The molecule has 1 saturated heterocycles. The number of nitrogens with one attached hydrogen (secondary N) is 2. The van der Waals surface area contributed by atoms with Gasteiger partial charge in [-0.2, -0.15) is 0 Å². The molecule has 1 fully saturated rings. The molecular formula is C16H27ClN2O4S. The standard InChI is InChI=1S/C16H26N2O4S.ClH/c1-12(21-2)11-23(19,20)18-16-10-17-9-8-15(16)13-4-6-14(22-3)7-5-13;/h4-7,12,15-18H,8-11H2,1-3H3;1H. The van der Waals surface area contributed by atoms with E-state index in [1.54, 1.807) is 14.0 Å². The largest absolute Gasteiger partial charge is 0.497 e. The lowest BCUT2D eigenvalue weighted by Crippen LogP contribution is -2.51. The van der Waals surface area contributed by atoms with Crippen molar-refractivity contribution in [1.82, 2.24) is 10.0 Å². The molecule has 1 aliphatic rings. The summed E-state index contributed by atoms with van der Waals surface area (Å²) in [7, 11) is -0.237. The Bertz CT molecular complexity index is 595. The van der Waals surface area contributed by atoms with Gasteiger partial charge in [-0.3, -0.25) is 0 Å². The van der Waals surface area contributed by atoms with Crippen LogP contribution in [0.2, 0.25) is 0 Å². The number of benzene rings is 1. The Kier molecular flexibility index (Phi) is 8.45. The third kappa shape index (κ3) is 5.89. The van der Waals surface area contributed by atoms with Crippen LogP contribution in [0.5, 0.6) is 5.75 Å². The Morgan fingerprint density at radius 1 is 1.29 bits per heavy atom. The molecule has 1 aromatic rings. The van der Waals surface area contributed by atoms with Crippen molar-refractivity contribution >= 4 is 22.4 Å². The highest BCUT2D eigenvalue weighted by atomic mass is 35.5. The van der Waals surface area contributed by atoms with E-state index >= 15 is 0 Å². The second-order valence-corrected chi connectivity index (χ2v) is 7.72. The smallest absolute Gasteiger partial charge is 0.214 e. The Balaban J connectivity index is 0.00000288. The van der Waals surface area contributed by atoms with Crippen LogP contribution in [0.4, 0.5) is 0 Å². The summed E-state index contributed by atoms with van der Waals surface area (Å²) >= 11 is 0. The summed E-state index contributed by atoms with van der Waals surface area (Å²) in [6.07, 6.45) is 0.558. The number of ether oxygens (including phenoxy) is 2. The monoisotopic (exact) mass is 378 g/mol. The molecular weight excluding hydrogens is 352 g/mol. The quantitative estimate of drug-likeness (QED) is 0.752. The first-order valence-corrected chi connectivity index (χ1v) is 9.48. The Labute approximate surface area is 150 Å². The SMILES string of the molecule is COc1ccc(C2CCNCC2NS(=O)(=O)CC(C)OC)cc1.Cl. The summed E-state index contributed by atoms with van der Waals surface area (Å²) in [5, 5.41) is 3.26. The number of hydrogen-bond acceptors (Lipinski definition) is 5. The molecule has 8 heteroatoms. The van der Waals surface area contributed by atoms with E-state index in [1.807, 2.05) is 24.3 Å². The molecule has 24 heavy (non-hydrogen) atoms. The van der Waals surface area contributed by atoms with E-state index in [1.165, 1.54) is 7.11 Å². The highest BCUT2D eigenvalue weighted by molar-refractivity contribution is 7.89. The van der Waals surface area contributed by atoms with Crippen LogP contribution < -0.4 is 14.8 Å². The van der Waals surface area contributed by atoms with Crippen LogP contribution in [0.3, 0.4) is 0 Å². The molecule has 0 saturated carbocycles. The molecule has 6 nitrogen and oxygen atoms in total. The first kappa shape index (κ1) is 21.2. The molecule has 2 rings (SSSR count). The van der Waals surface area contributed by atoms with E-state index in [-0.39, 0.29) is 36.2 Å². The summed E-state index contributed by atoms with van der Waals surface area (Å²) < 4.78 is 37.7. The van der Waals surface area contributed by atoms with Crippen LogP contribution in [0.1, 0.15) is 24.8 Å². The van der Waals surface area contributed by atoms with E-state index in [9.17, 15) is 8.42 Å². The molecule has 0 bridgehead atoms. The average molecular weight is 379 g/mol. The lowest BCUT2D eigenvalue weighted by molar-refractivity contribution is 0.136. The van der Waals surface area contributed by atoms with Crippen molar-refractivity contribution in [2.75, 3.05) is 33.1 Å². The minimum atomic E-state index is -3.39. The summed E-state index contributed by atoms with van der Waals surface area (Å²) in [6.45, 7) is 3.25. The third-order valence-electron chi connectivity index (χ3n) is 4.21. The number of halogens is 1.